The van der Waals surface area contributed by atoms with Gasteiger partial charge in [0.05, 0.1) is 6.42 Å². The number of hydrogen-bond acceptors (Lipinski definition) is 2. The first kappa shape index (κ1) is 13.3. The summed E-state index contributed by atoms with van der Waals surface area (Å²) in [7, 11) is 0. The van der Waals surface area contributed by atoms with Crippen LogP contribution in [0.1, 0.15) is 28.9 Å². The highest BCUT2D eigenvalue weighted by Crippen LogP contribution is 2.14. The van der Waals surface area contributed by atoms with E-state index in [-0.39, 0.29) is 6.42 Å². The topological polar surface area (TPSA) is 55.1 Å². The summed E-state index contributed by atoms with van der Waals surface area (Å²) < 4.78 is 2.02. The maximum atomic E-state index is 10.6. The monoisotopic (exact) mass is 258 g/mol. The van der Waals surface area contributed by atoms with Crippen molar-refractivity contribution in [3.8, 4) is 0 Å². The molecule has 0 atom stereocenters. The predicted octanol–water partition coefficient (Wildman–Crippen LogP) is 2.57. The van der Waals surface area contributed by atoms with E-state index in [1.165, 1.54) is 16.7 Å². The maximum absolute atomic E-state index is 10.6. The molecular formula is C15H18N2O2. The Morgan fingerprint density at radius 2 is 2.16 bits per heavy atom. The van der Waals surface area contributed by atoms with E-state index in [0.29, 0.717) is 6.42 Å². The summed E-state index contributed by atoms with van der Waals surface area (Å²) in [5.41, 5.74) is 3.71. The second kappa shape index (κ2) is 5.69. The quantitative estimate of drug-likeness (QED) is 0.896. The Morgan fingerprint density at radius 1 is 1.37 bits per heavy atom. The Kier molecular flexibility index (Phi) is 4.00. The molecule has 1 aromatic carbocycles. The fraction of sp³-hybridized carbons (Fsp3) is 0.333. The Hall–Kier alpha value is -2.10. The highest BCUT2D eigenvalue weighted by Gasteiger charge is 2.07. The summed E-state index contributed by atoms with van der Waals surface area (Å²) in [6.07, 6.45) is 4.21. The van der Waals surface area contributed by atoms with Crippen LogP contribution in [0.3, 0.4) is 0 Å². The Bertz CT molecular complexity index is 588. The average Bonchev–Trinajstić information content (AvgIpc) is 2.79. The lowest BCUT2D eigenvalue weighted by Gasteiger charge is -2.10. The van der Waals surface area contributed by atoms with Crippen LogP contribution in [0.15, 0.2) is 30.6 Å². The lowest BCUT2D eigenvalue weighted by Crippen LogP contribution is -2.08. The summed E-state index contributed by atoms with van der Waals surface area (Å²) in [4.78, 5) is 14.9. The lowest BCUT2D eigenvalue weighted by atomic mass is 10.1. The fourth-order valence-electron chi connectivity index (χ4n) is 2.09. The molecule has 0 bridgehead atoms. The van der Waals surface area contributed by atoms with Gasteiger partial charge in [-0.3, -0.25) is 4.79 Å². The molecule has 4 nitrogen and oxygen atoms in total. The van der Waals surface area contributed by atoms with Crippen molar-refractivity contribution in [1.82, 2.24) is 9.55 Å². The van der Waals surface area contributed by atoms with Crippen LogP contribution < -0.4 is 0 Å². The van der Waals surface area contributed by atoms with Gasteiger partial charge in [0, 0.05) is 25.4 Å². The fourth-order valence-corrected chi connectivity index (χ4v) is 2.09. The lowest BCUT2D eigenvalue weighted by molar-refractivity contribution is -0.137. The molecule has 100 valence electrons. The number of carboxylic acids is 1. The summed E-state index contributed by atoms with van der Waals surface area (Å²) in [5.74, 6) is 0.0320. The number of carboxylic acid groups (broad SMARTS) is 1. The van der Waals surface area contributed by atoms with Gasteiger partial charge < -0.3 is 9.67 Å². The summed E-state index contributed by atoms with van der Waals surface area (Å²) in [5, 5.41) is 8.74. The van der Waals surface area contributed by atoms with Gasteiger partial charge >= 0.3 is 5.97 Å². The number of hydrogen-bond donors (Lipinski definition) is 1. The van der Waals surface area contributed by atoms with Crippen molar-refractivity contribution in [2.24, 2.45) is 0 Å². The van der Waals surface area contributed by atoms with Crippen molar-refractivity contribution >= 4 is 5.97 Å². The minimum atomic E-state index is -0.790. The van der Waals surface area contributed by atoms with Crippen molar-refractivity contribution in [2.45, 2.75) is 33.2 Å². The SMILES string of the molecule is Cc1ccc(C)c(Cn2ccnc2CCC(=O)O)c1. The van der Waals surface area contributed by atoms with Crippen molar-refractivity contribution in [2.75, 3.05) is 0 Å². The number of aryl methyl sites for hydroxylation is 3. The van der Waals surface area contributed by atoms with Gasteiger partial charge in [0.1, 0.15) is 5.82 Å². The Labute approximate surface area is 112 Å². The van der Waals surface area contributed by atoms with Crippen LogP contribution >= 0.6 is 0 Å². The number of aliphatic carboxylic acids is 1. The molecule has 0 amide bonds. The molecule has 4 heteroatoms. The van der Waals surface area contributed by atoms with E-state index in [0.717, 1.165) is 12.4 Å². The summed E-state index contributed by atoms with van der Waals surface area (Å²) in [6, 6.07) is 6.37. The van der Waals surface area contributed by atoms with Gasteiger partial charge in [0.2, 0.25) is 0 Å². The third-order valence-corrected chi connectivity index (χ3v) is 3.21. The molecule has 0 unspecified atom stereocenters. The maximum Gasteiger partial charge on any atom is 0.303 e. The zero-order valence-electron chi connectivity index (χ0n) is 11.3. The highest BCUT2D eigenvalue weighted by molar-refractivity contribution is 5.66. The van der Waals surface area contributed by atoms with E-state index in [9.17, 15) is 4.79 Å². The first-order valence-corrected chi connectivity index (χ1v) is 6.34. The van der Waals surface area contributed by atoms with Gasteiger partial charge in [0.25, 0.3) is 0 Å². The zero-order valence-corrected chi connectivity index (χ0v) is 11.3. The van der Waals surface area contributed by atoms with Crippen molar-refractivity contribution in [3.05, 3.63) is 53.1 Å². The van der Waals surface area contributed by atoms with E-state index >= 15 is 0 Å². The number of imidazole rings is 1. The van der Waals surface area contributed by atoms with Gasteiger partial charge in [-0.15, -0.1) is 0 Å². The zero-order chi connectivity index (χ0) is 13.8. The largest absolute Gasteiger partial charge is 0.481 e. The highest BCUT2D eigenvalue weighted by atomic mass is 16.4. The van der Waals surface area contributed by atoms with E-state index < -0.39 is 5.97 Å². The molecule has 0 fully saturated rings. The molecule has 0 aliphatic rings. The predicted molar refractivity (Wildman–Crippen MR) is 73.2 cm³/mol. The molecule has 1 heterocycles. The molecule has 1 N–H and O–H groups in total. The van der Waals surface area contributed by atoms with E-state index in [1.807, 2.05) is 10.8 Å². The van der Waals surface area contributed by atoms with Crippen LogP contribution in [0.2, 0.25) is 0 Å². The molecule has 0 spiro atoms. The van der Waals surface area contributed by atoms with E-state index in [1.54, 1.807) is 6.20 Å². The molecular weight excluding hydrogens is 240 g/mol. The number of aromatic nitrogens is 2. The van der Waals surface area contributed by atoms with Crippen LogP contribution in [0, 0.1) is 13.8 Å². The van der Waals surface area contributed by atoms with Crippen molar-refractivity contribution in [1.29, 1.82) is 0 Å². The van der Waals surface area contributed by atoms with Crippen molar-refractivity contribution < 1.29 is 9.90 Å². The Morgan fingerprint density at radius 3 is 2.89 bits per heavy atom. The molecule has 0 aliphatic heterocycles. The number of nitrogens with zero attached hydrogens (tertiary/aromatic N) is 2. The van der Waals surface area contributed by atoms with Gasteiger partial charge in [-0.25, -0.2) is 4.98 Å². The Balaban J connectivity index is 2.17. The first-order valence-electron chi connectivity index (χ1n) is 6.34. The second-order valence-electron chi connectivity index (χ2n) is 4.80. The van der Waals surface area contributed by atoms with Gasteiger partial charge in [0.15, 0.2) is 0 Å². The van der Waals surface area contributed by atoms with Crippen LogP contribution in [-0.4, -0.2) is 20.6 Å². The van der Waals surface area contributed by atoms with Crippen LogP contribution in [0.4, 0.5) is 0 Å². The smallest absolute Gasteiger partial charge is 0.303 e. The summed E-state index contributed by atoms with van der Waals surface area (Å²) in [6.45, 7) is 4.90. The van der Waals surface area contributed by atoms with E-state index in [4.69, 9.17) is 5.11 Å². The van der Waals surface area contributed by atoms with Crippen molar-refractivity contribution in [3.63, 3.8) is 0 Å². The number of rotatable bonds is 5. The molecule has 0 aliphatic carbocycles. The minimum Gasteiger partial charge on any atom is -0.481 e. The van der Waals surface area contributed by atoms with Gasteiger partial charge in [-0.05, 0) is 25.0 Å². The first-order chi connectivity index (χ1) is 9.06. The third-order valence-electron chi connectivity index (χ3n) is 3.21. The number of benzene rings is 1. The molecule has 0 radical (unpaired) electrons. The second-order valence-corrected chi connectivity index (χ2v) is 4.80. The standard InChI is InChI=1S/C15H18N2O2/c1-11-3-4-12(2)13(9-11)10-17-8-7-16-14(17)5-6-15(18)19/h3-4,7-9H,5-6,10H2,1-2H3,(H,18,19). The van der Waals surface area contributed by atoms with Crippen LogP contribution in [-0.2, 0) is 17.8 Å². The van der Waals surface area contributed by atoms with E-state index in [2.05, 4.69) is 37.0 Å². The van der Waals surface area contributed by atoms with Gasteiger partial charge in [-0.2, -0.15) is 0 Å². The molecule has 0 saturated heterocycles. The average molecular weight is 258 g/mol. The molecule has 0 saturated carbocycles. The third kappa shape index (κ3) is 3.44. The summed E-state index contributed by atoms with van der Waals surface area (Å²) >= 11 is 0. The van der Waals surface area contributed by atoms with Crippen LogP contribution in [0.25, 0.3) is 0 Å². The van der Waals surface area contributed by atoms with Gasteiger partial charge in [-0.1, -0.05) is 23.8 Å². The number of carbonyl (C=O) groups is 1. The molecule has 1 aromatic heterocycles. The van der Waals surface area contributed by atoms with Crippen LogP contribution in [0.5, 0.6) is 0 Å². The molecule has 19 heavy (non-hydrogen) atoms. The minimum absolute atomic E-state index is 0.115. The normalized spacial score (nSPS) is 10.6. The molecule has 2 aromatic rings. The molecule has 2 rings (SSSR count).